The molecular formula is C17H15NO3. The molecule has 3 rings (SSSR count). The summed E-state index contributed by atoms with van der Waals surface area (Å²) in [6.07, 6.45) is 0.768. The smallest absolute Gasteiger partial charge is 0.237 e. The summed E-state index contributed by atoms with van der Waals surface area (Å²) in [4.78, 5) is 25.7. The molecular weight excluding hydrogens is 266 g/mol. The number of nitrogens with zero attached hydrogens (tertiary/aromatic N) is 1. The molecule has 1 saturated heterocycles. The lowest BCUT2D eigenvalue weighted by molar-refractivity contribution is -0.122. The molecule has 0 aliphatic carbocycles. The first-order chi connectivity index (χ1) is 10.1. The third-order valence-electron chi connectivity index (χ3n) is 3.65. The topological polar surface area (TPSA) is 57.6 Å². The highest BCUT2D eigenvalue weighted by molar-refractivity contribution is 6.21. The summed E-state index contributed by atoms with van der Waals surface area (Å²) < 4.78 is 0. The number of imide groups is 1. The number of hydrogen-bond acceptors (Lipinski definition) is 3. The molecule has 1 fully saturated rings. The maximum atomic E-state index is 12.5. The molecule has 2 aromatic rings. The van der Waals surface area contributed by atoms with Crippen LogP contribution in [0.3, 0.4) is 0 Å². The number of carbonyl (C=O) groups is 2. The van der Waals surface area contributed by atoms with Crippen molar-refractivity contribution in [1.29, 1.82) is 0 Å². The molecule has 4 nitrogen and oxygen atoms in total. The summed E-state index contributed by atoms with van der Waals surface area (Å²) in [6.45, 7) is 0. The second kappa shape index (κ2) is 5.40. The second-order valence-electron chi connectivity index (χ2n) is 5.18. The van der Waals surface area contributed by atoms with E-state index in [-0.39, 0.29) is 29.9 Å². The number of hydrogen-bond donors (Lipinski definition) is 1. The lowest BCUT2D eigenvalue weighted by Gasteiger charge is -2.15. The van der Waals surface area contributed by atoms with Gasteiger partial charge in [-0.2, -0.15) is 0 Å². The van der Waals surface area contributed by atoms with Crippen LogP contribution >= 0.6 is 0 Å². The van der Waals surface area contributed by atoms with Crippen molar-refractivity contribution in [2.24, 2.45) is 5.92 Å². The lowest BCUT2D eigenvalue weighted by atomic mass is 9.98. The van der Waals surface area contributed by atoms with E-state index in [1.54, 1.807) is 12.1 Å². The first-order valence-corrected chi connectivity index (χ1v) is 6.85. The van der Waals surface area contributed by atoms with Crippen LogP contribution in [0.5, 0.6) is 5.75 Å². The molecule has 21 heavy (non-hydrogen) atoms. The predicted molar refractivity (Wildman–Crippen MR) is 78.9 cm³/mol. The molecule has 0 spiro atoms. The van der Waals surface area contributed by atoms with Gasteiger partial charge in [-0.05, 0) is 24.1 Å². The molecule has 1 aliphatic heterocycles. The van der Waals surface area contributed by atoms with Crippen LogP contribution in [0.15, 0.2) is 54.6 Å². The van der Waals surface area contributed by atoms with Gasteiger partial charge in [-0.15, -0.1) is 0 Å². The fourth-order valence-corrected chi connectivity index (χ4v) is 2.66. The van der Waals surface area contributed by atoms with Gasteiger partial charge in [0, 0.05) is 12.5 Å². The van der Waals surface area contributed by atoms with E-state index in [0.717, 1.165) is 5.56 Å². The molecule has 2 aromatic carbocycles. The standard InChI is InChI=1S/C17H15NO3/c19-15-8-4-7-14(11-15)18-16(20)10-13(17(18)21)9-12-5-2-1-3-6-12/h1-8,11,13,19H,9-10H2/t13-/m1/s1. The number of carbonyl (C=O) groups excluding carboxylic acids is 2. The highest BCUT2D eigenvalue weighted by atomic mass is 16.3. The van der Waals surface area contributed by atoms with Crippen LogP contribution in [0.2, 0.25) is 0 Å². The number of amides is 2. The van der Waals surface area contributed by atoms with Crippen LogP contribution in [0.25, 0.3) is 0 Å². The first-order valence-electron chi connectivity index (χ1n) is 6.85. The Morgan fingerprint density at radius 2 is 1.81 bits per heavy atom. The zero-order valence-electron chi connectivity index (χ0n) is 11.4. The Bertz CT molecular complexity index is 681. The second-order valence-corrected chi connectivity index (χ2v) is 5.18. The van der Waals surface area contributed by atoms with E-state index >= 15 is 0 Å². The van der Waals surface area contributed by atoms with Crippen LogP contribution < -0.4 is 4.90 Å². The maximum absolute atomic E-state index is 12.5. The van der Waals surface area contributed by atoms with Crippen LogP contribution in [-0.2, 0) is 16.0 Å². The van der Waals surface area contributed by atoms with Gasteiger partial charge in [0.2, 0.25) is 11.8 Å². The minimum atomic E-state index is -0.331. The van der Waals surface area contributed by atoms with Gasteiger partial charge in [-0.1, -0.05) is 36.4 Å². The predicted octanol–water partition coefficient (Wildman–Crippen LogP) is 2.51. The molecule has 106 valence electrons. The van der Waals surface area contributed by atoms with Gasteiger partial charge in [-0.25, -0.2) is 0 Å². The van der Waals surface area contributed by atoms with Crippen molar-refractivity contribution in [1.82, 2.24) is 0 Å². The Hall–Kier alpha value is -2.62. The van der Waals surface area contributed by atoms with Crippen molar-refractivity contribution in [2.45, 2.75) is 12.8 Å². The van der Waals surface area contributed by atoms with Gasteiger partial charge in [0.15, 0.2) is 0 Å². The lowest BCUT2D eigenvalue weighted by Crippen LogP contribution is -2.30. The van der Waals surface area contributed by atoms with E-state index < -0.39 is 0 Å². The van der Waals surface area contributed by atoms with Crippen LogP contribution in [0.4, 0.5) is 5.69 Å². The molecule has 1 heterocycles. The number of benzene rings is 2. The Kier molecular flexibility index (Phi) is 3.44. The van der Waals surface area contributed by atoms with Crippen molar-refractivity contribution in [3.8, 4) is 5.75 Å². The average molecular weight is 281 g/mol. The summed E-state index contributed by atoms with van der Waals surface area (Å²) in [5, 5.41) is 9.50. The molecule has 2 amide bonds. The van der Waals surface area contributed by atoms with Gasteiger partial charge in [0.25, 0.3) is 0 Å². The molecule has 1 aliphatic rings. The van der Waals surface area contributed by atoms with Crippen molar-refractivity contribution in [2.75, 3.05) is 4.90 Å². The van der Waals surface area contributed by atoms with Gasteiger partial charge in [-0.3, -0.25) is 14.5 Å². The van der Waals surface area contributed by atoms with Crippen LogP contribution in [0.1, 0.15) is 12.0 Å². The molecule has 0 unspecified atom stereocenters. The van der Waals surface area contributed by atoms with Crippen LogP contribution in [0, 0.1) is 5.92 Å². The zero-order valence-corrected chi connectivity index (χ0v) is 11.4. The van der Waals surface area contributed by atoms with E-state index in [0.29, 0.717) is 12.1 Å². The maximum Gasteiger partial charge on any atom is 0.237 e. The summed E-state index contributed by atoms with van der Waals surface area (Å²) in [7, 11) is 0. The van der Waals surface area contributed by atoms with Crippen molar-refractivity contribution < 1.29 is 14.7 Å². The molecule has 0 radical (unpaired) electrons. The summed E-state index contributed by atoms with van der Waals surface area (Å²) in [5.41, 5.74) is 1.47. The van der Waals surface area contributed by atoms with Gasteiger partial charge < -0.3 is 5.11 Å². The number of rotatable bonds is 3. The summed E-state index contributed by atoms with van der Waals surface area (Å²) in [5.74, 6) is -0.706. The molecule has 4 heteroatoms. The number of phenols is 1. The fraction of sp³-hybridized carbons (Fsp3) is 0.176. The van der Waals surface area contributed by atoms with Crippen molar-refractivity contribution >= 4 is 17.5 Å². The van der Waals surface area contributed by atoms with E-state index in [1.807, 2.05) is 30.3 Å². The fourth-order valence-electron chi connectivity index (χ4n) is 2.66. The van der Waals surface area contributed by atoms with Gasteiger partial charge in [0.05, 0.1) is 11.6 Å². The summed E-state index contributed by atoms with van der Waals surface area (Å²) in [6, 6.07) is 15.9. The largest absolute Gasteiger partial charge is 0.508 e. The molecule has 1 atom stereocenters. The molecule has 0 bridgehead atoms. The van der Waals surface area contributed by atoms with Crippen molar-refractivity contribution in [3.05, 3.63) is 60.2 Å². The molecule has 0 saturated carbocycles. The molecule has 0 aromatic heterocycles. The average Bonchev–Trinajstić information content (AvgIpc) is 2.74. The monoisotopic (exact) mass is 281 g/mol. The Morgan fingerprint density at radius 1 is 1.05 bits per heavy atom. The highest BCUT2D eigenvalue weighted by Gasteiger charge is 2.39. The Labute approximate surface area is 122 Å². The zero-order chi connectivity index (χ0) is 14.8. The summed E-state index contributed by atoms with van der Waals surface area (Å²) >= 11 is 0. The van der Waals surface area contributed by atoms with Gasteiger partial charge in [0.1, 0.15) is 5.75 Å². The Morgan fingerprint density at radius 3 is 2.52 bits per heavy atom. The van der Waals surface area contributed by atoms with E-state index in [4.69, 9.17) is 0 Å². The van der Waals surface area contributed by atoms with Gasteiger partial charge >= 0.3 is 0 Å². The number of aromatic hydroxyl groups is 1. The third-order valence-corrected chi connectivity index (χ3v) is 3.65. The SMILES string of the molecule is O=C1C[C@@H](Cc2ccccc2)C(=O)N1c1cccc(O)c1. The first kappa shape index (κ1) is 13.4. The Balaban J connectivity index is 1.82. The highest BCUT2D eigenvalue weighted by Crippen LogP contribution is 2.30. The van der Waals surface area contributed by atoms with E-state index in [1.165, 1.54) is 17.0 Å². The quantitative estimate of drug-likeness (QED) is 0.879. The minimum absolute atomic E-state index is 0.0413. The van der Waals surface area contributed by atoms with Crippen molar-refractivity contribution in [3.63, 3.8) is 0 Å². The van der Waals surface area contributed by atoms with E-state index in [9.17, 15) is 14.7 Å². The number of anilines is 1. The third kappa shape index (κ3) is 2.65. The minimum Gasteiger partial charge on any atom is -0.508 e. The van der Waals surface area contributed by atoms with Crippen LogP contribution in [-0.4, -0.2) is 16.9 Å². The normalized spacial score (nSPS) is 18.3. The number of phenolic OH excluding ortho intramolecular Hbond substituents is 1. The molecule has 1 N–H and O–H groups in total. The van der Waals surface area contributed by atoms with E-state index in [2.05, 4.69) is 0 Å².